The second-order valence-electron chi connectivity index (χ2n) is 11.1. The average molecular weight is 611 g/mol. The van der Waals surface area contributed by atoms with Crippen LogP contribution in [0.5, 0.6) is 0 Å². The molecule has 2 aromatic carbocycles. The fourth-order valence-corrected chi connectivity index (χ4v) is 5.64. The van der Waals surface area contributed by atoms with Crippen LogP contribution < -0.4 is 5.43 Å². The van der Waals surface area contributed by atoms with E-state index in [1.807, 2.05) is 41.2 Å². The van der Waals surface area contributed by atoms with Crippen molar-refractivity contribution in [3.05, 3.63) is 70.9 Å². The van der Waals surface area contributed by atoms with Crippen LogP contribution in [-0.2, 0) is 23.6 Å². The minimum Gasteiger partial charge on any atom is -0.361 e. The van der Waals surface area contributed by atoms with Crippen LogP contribution in [0.25, 0.3) is 10.9 Å². The zero-order valence-corrected chi connectivity index (χ0v) is 23.4. The van der Waals surface area contributed by atoms with Crippen LogP contribution in [0, 0.1) is 0 Å². The van der Waals surface area contributed by atoms with E-state index in [0.717, 1.165) is 29.6 Å². The zero-order chi connectivity index (χ0) is 30.9. The van der Waals surface area contributed by atoms with Crippen molar-refractivity contribution < 1.29 is 35.9 Å². The first-order chi connectivity index (χ1) is 20.3. The molecule has 14 heteroatoms. The molecule has 2 N–H and O–H groups in total. The predicted octanol–water partition coefficient (Wildman–Crippen LogP) is 3.85. The number of carbonyl (C=O) groups is 2. The molecule has 0 bridgehead atoms. The number of nitrogens with zero attached hydrogens (tertiary/aromatic N) is 4. The molecule has 232 valence electrons. The van der Waals surface area contributed by atoms with E-state index in [1.54, 1.807) is 6.20 Å². The molecule has 8 nitrogen and oxygen atoms in total. The van der Waals surface area contributed by atoms with E-state index < -0.39 is 41.0 Å². The lowest BCUT2D eigenvalue weighted by molar-refractivity contribution is -0.143. The standard InChI is InChI=1S/C29H32F6N6O2/c1-38-6-9-40(10-7-38)37-26(42)18-39-8-11-41(23(17-39)14-20-16-36-25-5-3-2-4-24(20)25)27(43)19-12-21(28(30,31)32)15-22(13-19)29(33,34)35/h2-5,12-13,15-16,23,36H,6-11,14,17-18H2,1H3,(H,37,42). The topological polar surface area (TPSA) is 74.9 Å². The summed E-state index contributed by atoms with van der Waals surface area (Å²) in [5.41, 5.74) is 0.809. The summed E-state index contributed by atoms with van der Waals surface area (Å²) in [6.45, 7) is 3.42. The largest absolute Gasteiger partial charge is 0.416 e. The minimum atomic E-state index is -5.07. The number of aromatic amines is 1. The Balaban J connectivity index is 1.39. The van der Waals surface area contributed by atoms with E-state index in [-0.39, 0.29) is 44.6 Å². The number of likely N-dealkylation sites (N-methyl/N-ethyl adjacent to an activating group) is 1. The van der Waals surface area contributed by atoms with E-state index in [1.165, 1.54) is 4.90 Å². The van der Waals surface area contributed by atoms with Gasteiger partial charge >= 0.3 is 12.4 Å². The summed E-state index contributed by atoms with van der Waals surface area (Å²) < 4.78 is 81.2. The van der Waals surface area contributed by atoms with Crippen molar-refractivity contribution in [1.29, 1.82) is 0 Å². The highest BCUT2D eigenvalue weighted by Crippen LogP contribution is 2.37. The lowest BCUT2D eigenvalue weighted by atomic mass is 9.98. The third-order valence-electron chi connectivity index (χ3n) is 7.95. The van der Waals surface area contributed by atoms with Gasteiger partial charge in [-0.2, -0.15) is 26.3 Å². The second kappa shape index (κ2) is 12.2. The Morgan fingerprint density at radius 1 is 0.907 bits per heavy atom. The van der Waals surface area contributed by atoms with Crippen LogP contribution in [0.1, 0.15) is 27.0 Å². The van der Waals surface area contributed by atoms with Crippen molar-refractivity contribution >= 4 is 22.7 Å². The third kappa shape index (κ3) is 7.31. The third-order valence-corrected chi connectivity index (χ3v) is 7.95. The van der Waals surface area contributed by atoms with E-state index in [2.05, 4.69) is 15.3 Å². The van der Waals surface area contributed by atoms with Crippen LogP contribution in [0.4, 0.5) is 26.3 Å². The monoisotopic (exact) mass is 610 g/mol. The fourth-order valence-electron chi connectivity index (χ4n) is 5.64. The lowest BCUT2D eigenvalue weighted by Gasteiger charge is -2.42. The fraction of sp³-hybridized carbons (Fsp3) is 0.448. The summed E-state index contributed by atoms with van der Waals surface area (Å²) in [5, 5.41) is 2.73. The van der Waals surface area contributed by atoms with Gasteiger partial charge in [0.15, 0.2) is 0 Å². The van der Waals surface area contributed by atoms with E-state index in [0.29, 0.717) is 25.2 Å². The average Bonchev–Trinajstić information content (AvgIpc) is 3.35. The van der Waals surface area contributed by atoms with Crippen molar-refractivity contribution in [2.75, 3.05) is 59.4 Å². The molecule has 0 saturated carbocycles. The highest BCUT2D eigenvalue weighted by molar-refractivity contribution is 5.95. The number of hydrogen-bond donors (Lipinski definition) is 2. The number of benzene rings is 2. The van der Waals surface area contributed by atoms with Crippen LogP contribution >= 0.6 is 0 Å². The summed E-state index contributed by atoms with van der Waals surface area (Å²) in [7, 11) is 2.00. The number of nitrogens with one attached hydrogen (secondary N) is 2. The molecule has 43 heavy (non-hydrogen) atoms. The number of hydrazine groups is 1. The highest BCUT2D eigenvalue weighted by Gasteiger charge is 2.39. The number of para-hydroxylation sites is 1. The molecule has 2 aliphatic heterocycles. The van der Waals surface area contributed by atoms with Crippen LogP contribution in [0.15, 0.2) is 48.7 Å². The zero-order valence-electron chi connectivity index (χ0n) is 23.4. The Hall–Kier alpha value is -3.62. The number of aromatic nitrogens is 1. The summed E-state index contributed by atoms with van der Waals surface area (Å²) in [5.74, 6) is -1.16. The first-order valence-corrected chi connectivity index (χ1v) is 13.9. The number of hydrogen-bond acceptors (Lipinski definition) is 5. The van der Waals surface area contributed by atoms with Gasteiger partial charge in [0, 0.05) is 74.5 Å². The summed E-state index contributed by atoms with van der Waals surface area (Å²) >= 11 is 0. The highest BCUT2D eigenvalue weighted by atomic mass is 19.4. The quantitative estimate of drug-likeness (QED) is 0.415. The SMILES string of the molecule is CN1CCN(NC(=O)CN2CCN(C(=O)c3cc(C(F)(F)F)cc(C(F)(F)F)c3)C(Cc3c[nH]c4ccccc34)C2)CC1. The van der Waals surface area contributed by atoms with Gasteiger partial charge in [-0.1, -0.05) is 18.2 Å². The number of halogens is 6. The van der Waals surface area contributed by atoms with Crippen LogP contribution in [0.2, 0.25) is 0 Å². The molecule has 5 rings (SSSR count). The van der Waals surface area contributed by atoms with Crippen LogP contribution in [-0.4, -0.2) is 102 Å². The first kappa shape index (κ1) is 30.8. The van der Waals surface area contributed by atoms with Gasteiger partial charge in [0.1, 0.15) is 0 Å². The maximum absolute atomic E-state index is 13.7. The van der Waals surface area contributed by atoms with Gasteiger partial charge in [-0.25, -0.2) is 5.01 Å². The summed E-state index contributed by atoms with van der Waals surface area (Å²) in [6, 6.07) is 7.79. The summed E-state index contributed by atoms with van der Waals surface area (Å²) in [4.78, 5) is 35.0. The number of rotatable bonds is 6. The Morgan fingerprint density at radius 3 is 2.21 bits per heavy atom. The van der Waals surface area contributed by atoms with Gasteiger partial charge in [-0.3, -0.25) is 19.9 Å². The van der Waals surface area contributed by atoms with Crippen molar-refractivity contribution in [2.45, 2.75) is 24.8 Å². The molecule has 1 atom stereocenters. The number of fused-ring (bicyclic) bond motifs is 1. The van der Waals surface area contributed by atoms with Crippen molar-refractivity contribution in [1.82, 2.24) is 30.1 Å². The molecule has 0 aliphatic carbocycles. The Kier molecular flexibility index (Phi) is 8.72. The van der Waals surface area contributed by atoms with Gasteiger partial charge in [-0.05, 0) is 43.3 Å². The molecule has 2 aliphatic rings. The maximum atomic E-state index is 13.7. The lowest BCUT2D eigenvalue weighted by Crippen LogP contribution is -2.59. The van der Waals surface area contributed by atoms with Gasteiger partial charge in [0.05, 0.1) is 17.7 Å². The van der Waals surface area contributed by atoms with Gasteiger partial charge in [0.2, 0.25) is 5.91 Å². The second-order valence-corrected chi connectivity index (χ2v) is 11.1. The van der Waals surface area contributed by atoms with Gasteiger partial charge in [-0.15, -0.1) is 0 Å². The number of carbonyl (C=O) groups excluding carboxylic acids is 2. The molecule has 0 radical (unpaired) electrons. The van der Waals surface area contributed by atoms with Crippen molar-refractivity contribution in [3.8, 4) is 0 Å². The van der Waals surface area contributed by atoms with E-state index in [9.17, 15) is 35.9 Å². The molecular weight excluding hydrogens is 578 g/mol. The maximum Gasteiger partial charge on any atom is 0.416 e. The molecule has 0 spiro atoms. The normalized spacial score (nSPS) is 19.6. The number of amides is 2. The van der Waals surface area contributed by atoms with Crippen molar-refractivity contribution in [2.24, 2.45) is 0 Å². The van der Waals surface area contributed by atoms with Crippen molar-refractivity contribution in [3.63, 3.8) is 0 Å². The summed E-state index contributed by atoms with van der Waals surface area (Å²) in [6.07, 6.45) is -8.10. The molecule has 3 aromatic rings. The molecule has 2 fully saturated rings. The molecule has 1 unspecified atom stereocenters. The Labute approximate surface area is 244 Å². The smallest absolute Gasteiger partial charge is 0.361 e. The molecular formula is C29H32F6N6O2. The molecule has 2 amide bonds. The minimum absolute atomic E-state index is 0.0110. The number of alkyl halides is 6. The predicted molar refractivity (Wildman–Crippen MR) is 147 cm³/mol. The Morgan fingerprint density at radius 2 is 1.56 bits per heavy atom. The molecule has 2 saturated heterocycles. The molecule has 3 heterocycles. The number of piperazine rings is 2. The van der Waals surface area contributed by atoms with E-state index in [4.69, 9.17) is 0 Å². The van der Waals surface area contributed by atoms with E-state index >= 15 is 0 Å². The van der Waals surface area contributed by atoms with Crippen LogP contribution in [0.3, 0.4) is 0 Å². The Bertz CT molecular complexity index is 1430. The van der Waals surface area contributed by atoms with Gasteiger partial charge in [0.25, 0.3) is 5.91 Å². The van der Waals surface area contributed by atoms with Gasteiger partial charge < -0.3 is 14.8 Å². The first-order valence-electron chi connectivity index (χ1n) is 13.9. The molecule has 1 aromatic heterocycles. The number of H-pyrrole nitrogens is 1.